The smallest absolute Gasteiger partial charge is 0.258 e. The third-order valence-electron chi connectivity index (χ3n) is 4.82. The molecule has 0 aliphatic carbocycles. The predicted octanol–water partition coefficient (Wildman–Crippen LogP) is 5.02. The molecule has 0 aromatic heterocycles. The van der Waals surface area contributed by atoms with Crippen LogP contribution >= 0.6 is 0 Å². The van der Waals surface area contributed by atoms with Crippen molar-refractivity contribution in [2.45, 2.75) is 13.8 Å². The van der Waals surface area contributed by atoms with Gasteiger partial charge in [-0.05, 0) is 68.4 Å². The van der Waals surface area contributed by atoms with Crippen LogP contribution in [0.25, 0.3) is 0 Å². The van der Waals surface area contributed by atoms with Crippen LogP contribution in [-0.4, -0.2) is 38.2 Å². The summed E-state index contributed by atoms with van der Waals surface area (Å²) < 4.78 is 10.9. The summed E-state index contributed by atoms with van der Waals surface area (Å²) in [4.78, 5) is 27.3. The first-order valence-electron chi connectivity index (χ1n) is 10.7. The number of carbonyl (C=O) groups is 2. The summed E-state index contributed by atoms with van der Waals surface area (Å²) >= 11 is 0. The molecule has 0 unspecified atom stereocenters. The Balaban J connectivity index is 1.63. The molecule has 0 aliphatic heterocycles. The molecule has 0 spiro atoms. The maximum absolute atomic E-state index is 12.9. The molecule has 0 saturated carbocycles. The third-order valence-corrected chi connectivity index (χ3v) is 4.82. The average Bonchev–Trinajstić information content (AvgIpc) is 2.83. The maximum Gasteiger partial charge on any atom is 0.258 e. The van der Waals surface area contributed by atoms with E-state index in [1.807, 2.05) is 44.2 Å². The number of carbonyl (C=O) groups excluding carboxylic acids is 2. The van der Waals surface area contributed by atoms with Gasteiger partial charge in [-0.1, -0.05) is 24.3 Å². The van der Waals surface area contributed by atoms with Gasteiger partial charge < -0.3 is 19.7 Å². The number of para-hydroxylation sites is 1. The quantitative estimate of drug-likeness (QED) is 0.457. The van der Waals surface area contributed by atoms with Crippen molar-refractivity contribution in [3.8, 4) is 5.75 Å². The maximum atomic E-state index is 12.9. The van der Waals surface area contributed by atoms with Crippen LogP contribution in [0.4, 0.5) is 11.4 Å². The second-order valence-corrected chi connectivity index (χ2v) is 6.99. The summed E-state index contributed by atoms with van der Waals surface area (Å²) in [6.07, 6.45) is 0. The van der Waals surface area contributed by atoms with Crippen LogP contribution in [0.3, 0.4) is 0 Å². The summed E-state index contributed by atoms with van der Waals surface area (Å²) in [5.41, 5.74) is 2.50. The molecule has 3 aromatic carbocycles. The molecular formula is C26H28N2O4. The van der Waals surface area contributed by atoms with Crippen LogP contribution in [0.15, 0.2) is 78.9 Å². The molecule has 0 bridgehead atoms. The first-order chi connectivity index (χ1) is 15.6. The largest absolute Gasteiger partial charge is 0.491 e. The van der Waals surface area contributed by atoms with E-state index in [1.54, 1.807) is 53.4 Å². The van der Waals surface area contributed by atoms with E-state index in [-0.39, 0.29) is 11.8 Å². The first-order valence-corrected chi connectivity index (χ1v) is 10.7. The number of rotatable bonds is 10. The molecule has 6 nitrogen and oxygen atoms in total. The van der Waals surface area contributed by atoms with Gasteiger partial charge in [0.15, 0.2) is 0 Å². The van der Waals surface area contributed by atoms with Crippen LogP contribution in [-0.2, 0) is 4.74 Å². The monoisotopic (exact) mass is 432 g/mol. The molecule has 1 N–H and O–H groups in total. The number of nitrogens with one attached hydrogen (secondary N) is 1. The van der Waals surface area contributed by atoms with Gasteiger partial charge in [0, 0.05) is 35.7 Å². The van der Waals surface area contributed by atoms with Gasteiger partial charge in [0.2, 0.25) is 0 Å². The lowest BCUT2D eigenvalue weighted by Gasteiger charge is -2.21. The zero-order valence-corrected chi connectivity index (χ0v) is 18.4. The van der Waals surface area contributed by atoms with Gasteiger partial charge in [-0.3, -0.25) is 9.59 Å². The molecule has 2 amide bonds. The van der Waals surface area contributed by atoms with Crippen LogP contribution < -0.4 is 15.0 Å². The number of ether oxygens (including phenoxy) is 2. The van der Waals surface area contributed by atoms with Crippen molar-refractivity contribution in [1.29, 1.82) is 0 Å². The van der Waals surface area contributed by atoms with E-state index in [0.29, 0.717) is 48.9 Å². The second kappa shape index (κ2) is 11.7. The van der Waals surface area contributed by atoms with E-state index in [0.717, 1.165) is 5.69 Å². The number of nitrogens with zero attached hydrogens (tertiary/aromatic N) is 1. The van der Waals surface area contributed by atoms with Gasteiger partial charge in [0.1, 0.15) is 12.4 Å². The zero-order valence-electron chi connectivity index (χ0n) is 18.4. The highest BCUT2D eigenvalue weighted by molar-refractivity contribution is 6.07. The lowest BCUT2D eigenvalue weighted by molar-refractivity contribution is 0.0987. The van der Waals surface area contributed by atoms with Crippen molar-refractivity contribution in [3.63, 3.8) is 0 Å². The molecule has 0 fully saturated rings. The Morgan fingerprint density at radius 2 is 1.59 bits per heavy atom. The van der Waals surface area contributed by atoms with Crippen LogP contribution in [0.5, 0.6) is 5.75 Å². The highest BCUT2D eigenvalue weighted by Gasteiger charge is 2.16. The number of hydrogen-bond donors (Lipinski definition) is 1. The lowest BCUT2D eigenvalue weighted by Crippen LogP contribution is -2.30. The van der Waals surface area contributed by atoms with E-state index in [1.165, 1.54) is 0 Å². The van der Waals surface area contributed by atoms with Crippen LogP contribution in [0.2, 0.25) is 0 Å². The molecule has 3 aromatic rings. The van der Waals surface area contributed by atoms with E-state index in [4.69, 9.17) is 9.47 Å². The van der Waals surface area contributed by atoms with E-state index in [9.17, 15) is 9.59 Å². The molecule has 0 atom stereocenters. The molecule has 0 aliphatic rings. The van der Waals surface area contributed by atoms with Gasteiger partial charge in [0.25, 0.3) is 11.8 Å². The fraction of sp³-hybridized carbons (Fsp3) is 0.231. The first kappa shape index (κ1) is 23.0. The Hall–Kier alpha value is -3.64. The fourth-order valence-corrected chi connectivity index (χ4v) is 3.20. The third kappa shape index (κ3) is 6.18. The summed E-state index contributed by atoms with van der Waals surface area (Å²) in [7, 11) is 0. The number of hydrogen-bond acceptors (Lipinski definition) is 4. The highest BCUT2D eigenvalue weighted by Crippen LogP contribution is 2.19. The minimum atomic E-state index is -0.251. The molecule has 0 radical (unpaired) electrons. The lowest BCUT2D eigenvalue weighted by atomic mass is 10.1. The minimum absolute atomic E-state index is 0.0894. The Morgan fingerprint density at radius 3 is 2.28 bits per heavy atom. The summed E-state index contributed by atoms with van der Waals surface area (Å²) in [6, 6.07) is 23.4. The van der Waals surface area contributed by atoms with Gasteiger partial charge in [-0.2, -0.15) is 0 Å². The van der Waals surface area contributed by atoms with Gasteiger partial charge >= 0.3 is 0 Å². The Labute approximate surface area is 188 Å². The van der Waals surface area contributed by atoms with Gasteiger partial charge in [-0.15, -0.1) is 0 Å². The number of benzene rings is 3. The van der Waals surface area contributed by atoms with Crippen LogP contribution in [0, 0.1) is 0 Å². The Bertz CT molecular complexity index is 1020. The molecule has 166 valence electrons. The Morgan fingerprint density at radius 1 is 0.844 bits per heavy atom. The standard InChI is InChI=1S/C26H28N2O4/c1-3-28(23-10-6-5-7-11-23)26(30)20-13-15-22(16-14-20)27-25(29)21-9-8-12-24(19-21)32-18-17-31-4-2/h5-16,19H,3-4,17-18H2,1-2H3,(H,27,29). The van der Waals surface area contributed by atoms with Crippen LogP contribution in [0.1, 0.15) is 34.6 Å². The second-order valence-electron chi connectivity index (χ2n) is 6.99. The fourth-order valence-electron chi connectivity index (χ4n) is 3.20. The van der Waals surface area contributed by atoms with Gasteiger partial charge in [-0.25, -0.2) is 0 Å². The molecule has 32 heavy (non-hydrogen) atoms. The SMILES string of the molecule is CCOCCOc1cccc(C(=O)Nc2ccc(C(=O)N(CC)c3ccccc3)cc2)c1. The van der Waals surface area contributed by atoms with Crippen molar-refractivity contribution in [1.82, 2.24) is 0 Å². The van der Waals surface area contributed by atoms with Crippen molar-refractivity contribution in [2.75, 3.05) is 36.6 Å². The van der Waals surface area contributed by atoms with Crippen molar-refractivity contribution in [2.24, 2.45) is 0 Å². The van der Waals surface area contributed by atoms with Crippen molar-refractivity contribution in [3.05, 3.63) is 90.0 Å². The van der Waals surface area contributed by atoms with Gasteiger partial charge in [0.05, 0.1) is 6.61 Å². The molecule has 0 saturated heterocycles. The van der Waals surface area contributed by atoms with E-state index in [2.05, 4.69) is 5.32 Å². The molecular weight excluding hydrogens is 404 g/mol. The summed E-state index contributed by atoms with van der Waals surface area (Å²) in [6.45, 7) is 5.98. The predicted molar refractivity (Wildman–Crippen MR) is 127 cm³/mol. The van der Waals surface area contributed by atoms with Crippen molar-refractivity contribution >= 4 is 23.2 Å². The highest BCUT2D eigenvalue weighted by atomic mass is 16.5. The Kier molecular flexibility index (Phi) is 8.40. The molecule has 0 heterocycles. The topological polar surface area (TPSA) is 67.9 Å². The minimum Gasteiger partial charge on any atom is -0.491 e. The zero-order chi connectivity index (χ0) is 22.8. The summed E-state index contributed by atoms with van der Waals surface area (Å²) in [5, 5.41) is 2.86. The average molecular weight is 433 g/mol. The van der Waals surface area contributed by atoms with E-state index < -0.39 is 0 Å². The van der Waals surface area contributed by atoms with Crippen molar-refractivity contribution < 1.29 is 19.1 Å². The summed E-state index contributed by atoms with van der Waals surface area (Å²) in [5.74, 6) is 0.270. The van der Waals surface area contributed by atoms with E-state index >= 15 is 0 Å². The normalized spacial score (nSPS) is 10.4. The molecule has 3 rings (SSSR count). The molecule has 6 heteroatoms. The number of amides is 2. The number of anilines is 2.